The molecule has 2 aliphatic rings. The van der Waals surface area contributed by atoms with Crippen molar-refractivity contribution in [3.8, 4) is 0 Å². The third-order valence-electron chi connectivity index (χ3n) is 10.8. The summed E-state index contributed by atoms with van der Waals surface area (Å²) in [5.74, 6) is 1.82. The molecule has 0 amide bonds. The van der Waals surface area contributed by atoms with Crippen LogP contribution in [0.15, 0.2) is 121 Å². The van der Waals surface area contributed by atoms with Crippen molar-refractivity contribution in [3.63, 3.8) is 0 Å². The van der Waals surface area contributed by atoms with E-state index in [1.54, 1.807) is 0 Å². The van der Waals surface area contributed by atoms with E-state index in [0.29, 0.717) is 24.2 Å². The molecule has 6 rings (SSSR count). The number of rotatable bonds is 9. The molecule has 43 heavy (non-hydrogen) atoms. The van der Waals surface area contributed by atoms with E-state index in [1.165, 1.54) is 0 Å². The fourth-order valence-electron chi connectivity index (χ4n) is 8.19. The highest BCUT2D eigenvalue weighted by molar-refractivity contribution is 7.79. The van der Waals surface area contributed by atoms with Crippen molar-refractivity contribution in [1.29, 1.82) is 0 Å². The van der Waals surface area contributed by atoms with Gasteiger partial charge in [0.1, 0.15) is 7.14 Å². The summed E-state index contributed by atoms with van der Waals surface area (Å²) in [6.07, 6.45) is 4.90. The summed E-state index contributed by atoms with van der Waals surface area (Å²) in [5.41, 5.74) is -0.274. The number of benzene rings is 4. The van der Waals surface area contributed by atoms with E-state index >= 15 is 4.57 Å². The standard InChI is InChI=1S/C38H45O3PSi/c1-38(2,43(41,31-19-11-5-12-20-31)32-21-13-6-14-22-32)28-27-35-33-23-25-36(39)37(26-24-34(33)35)42(40,29-15-7-3-8-16-29)30-17-9-4-10-18-30/h3-22,33-37,39,41H,23-28H2,1-2H3/t33-,34+,35+,36+,37+/m0/s1. The van der Waals surface area contributed by atoms with Gasteiger partial charge in [0.2, 0.25) is 0 Å². The number of hydrogen-bond donors (Lipinski definition) is 2. The summed E-state index contributed by atoms with van der Waals surface area (Å²) in [5, 5.41) is 15.1. The fraction of sp³-hybridized carbons (Fsp3) is 0.368. The van der Waals surface area contributed by atoms with Crippen LogP contribution in [0, 0.1) is 17.8 Å². The molecule has 0 heterocycles. The molecule has 0 aliphatic heterocycles. The molecule has 2 fully saturated rings. The average molecular weight is 609 g/mol. The molecule has 0 unspecified atom stereocenters. The monoisotopic (exact) mass is 608 g/mol. The fourth-order valence-corrected chi connectivity index (χ4v) is 15.4. The van der Waals surface area contributed by atoms with E-state index < -0.39 is 21.6 Å². The average Bonchev–Trinajstić information content (AvgIpc) is 3.72. The Morgan fingerprint density at radius 3 is 1.56 bits per heavy atom. The van der Waals surface area contributed by atoms with Crippen LogP contribution in [-0.2, 0) is 4.57 Å². The smallest absolute Gasteiger partial charge is 0.258 e. The molecule has 0 spiro atoms. The Balaban J connectivity index is 1.21. The van der Waals surface area contributed by atoms with Gasteiger partial charge in [0.15, 0.2) is 0 Å². The summed E-state index contributed by atoms with van der Waals surface area (Å²) in [6, 6.07) is 40.3. The van der Waals surface area contributed by atoms with Gasteiger partial charge in [-0.25, -0.2) is 0 Å². The van der Waals surface area contributed by atoms with Gasteiger partial charge < -0.3 is 14.5 Å². The first-order valence-corrected chi connectivity index (χ1v) is 19.7. The summed E-state index contributed by atoms with van der Waals surface area (Å²) in [7, 11) is -6.08. The van der Waals surface area contributed by atoms with Gasteiger partial charge in [-0.05, 0) is 71.7 Å². The lowest BCUT2D eigenvalue weighted by molar-refractivity contribution is 0.143. The van der Waals surface area contributed by atoms with Crippen LogP contribution in [0.1, 0.15) is 52.4 Å². The second kappa shape index (κ2) is 12.3. The van der Waals surface area contributed by atoms with E-state index in [2.05, 4.69) is 38.1 Å². The molecule has 0 saturated heterocycles. The first-order chi connectivity index (χ1) is 20.8. The van der Waals surface area contributed by atoms with Gasteiger partial charge in [-0.15, -0.1) is 0 Å². The van der Waals surface area contributed by atoms with Crippen molar-refractivity contribution in [2.75, 3.05) is 0 Å². The summed E-state index contributed by atoms with van der Waals surface area (Å²) in [6.45, 7) is 4.53. The van der Waals surface area contributed by atoms with Crippen LogP contribution < -0.4 is 21.0 Å². The molecule has 224 valence electrons. The summed E-state index contributed by atoms with van der Waals surface area (Å²) < 4.78 is 15.1. The predicted octanol–water partition coefficient (Wildman–Crippen LogP) is 6.48. The van der Waals surface area contributed by atoms with Gasteiger partial charge in [-0.3, -0.25) is 0 Å². The van der Waals surface area contributed by atoms with Crippen molar-refractivity contribution in [2.45, 2.75) is 69.2 Å². The molecule has 5 heteroatoms. The lowest BCUT2D eigenvalue weighted by Crippen LogP contribution is -2.65. The second-order valence-electron chi connectivity index (χ2n) is 13.5. The van der Waals surface area contributed by atoms with Gasteiger partial charge in [0.25, 0.3) is 8.32 Å². The van der Waals surface area contributed by atoms with Crippen LogP contribution in [0.25, 0.3) is 0 Å². The Bertz CT molecular complexity index is 1440. The topological polar surface area (TPSA) is 57.5 Å². The Morgan fingerprint density at radius 1 is 0.674 bits per heavy atom. The highest BCUT2D eigenvalue weighted by atomic mass is 31.2. The van der Waals surface area contributed by atoms with Gasteiger partial charge >= 0.3 is 0 Å². The maximum absolute atomic E-state index is 15.1. The molecular weight excluding hydrogens is 563 g/mol. The van der Waals surface area contributed by atoms with E-state index in [-0.39, 0.29) is 10.7 Å². The summed E-state index contributed by atoms with van der Waals surface area (Å²) in [4.78, 5) is 12.6. The SMILES string of the molecule is CC(C)(CC[C@@H]1[C@H]2CC[C@@H](O)[C@H](P(=O)(c3ccccc3)c3ccccc3)CC[C@H]21)[Si](O)(c1ccccc1)c1ccccc1. The van der Waals surface area contributed by atoms with Gasteiger partial charge in [-0.2, -0.15) is 0 Å². The lowest BCUT2D eigenvalue weighted by atomic mass is 9.98. The van der Waals surface area contributed by atoms with Crippen LogP contribution >= 0.6 is 7.14 Å². The molecule has 5 atom stereocenters. The zero-order chi connectivity index (χ0) is 30.1. The Labute approximate surface area is 258 Å². The van der Waals surface area contributed by atoms with E-state index in [9.17, 15) is 9.90 Å². The number of fused-ring (bicyclic) bond motifs is 1. The Morgan fingerprint density at radius 2 is 1.09 bits per heavy atom. The van der Waals surface area contributed by atoms with Gasteiger partial charge in [0.05, 0.1) is 6.10 Å². The van der Waals surface area contributed by atoms with Crippen LogP contribution in [0.5, 0.6) is 0 Å². The Hall–Kier alpha value is -2.75. The number of aliphatic hydroxyl groups excluding tert-OH is 1. The first-order valence-electron chi connectivity index (χ1n) is 16.0. The lowest BCUT2D eigenvalue weighted by Gasteiger charge is -2.41. The quantitative estimate of drug-likeness (QED) is 0.169. The molecule has 0 radical (unpaired) electrons. The zero-order valence-corrected chi connectivity index (χ0v) is 27.3. The number of aliphatic hydroxyl groups is 1. The maximum Gasteiger partial charge on any atom is 0.258 e. The van der Waals surface area contributed by atoms with Crippen LogP contribution in [0.4, 0.5) is 0 Å². The van der Waals surface area contributed by atoms with Crippen LogP contribution in [-0.4, -0.2) is 30.0 Å². The molecule has 3 nitrogen and oxygen atoms in total. The molecular formula is C38H45O3PSi. The molecule has 2 saturated carbocycles. The Kier molecular flexibility index (Phi) is 8.68. The van der Waals surface area contributed by atoms with Crippen molar-refractivity contribution < 1.29 is 14.5 Å². The minimum atomic E-state index is -3.04. The van der Waals surface area contributed by atoms with Gasteiger partial charge in [0, 0.05) is 16.3 Å². The molecule has 2 aliphatic carbocycles. The molecule has 4 aromatic rings. The largest absolute Gasteiger partial charge is 0.424 e. The van der Waals surface area contributed by atoms with Crippen molar-refractivity contribution in [1.82, 2.24) is 0 Å². The van der Waals surface area contributed by atoms with E-state index in [4.69, 9.17) is 0 Å². The third-order valence-corrected chi connectivity index (χ3v) is 19.0. The number of hydrogen-bond acceptors (Lipinski definition) is 3. The first kappa shape index (κ1) is 30.3. The maximum atomic E-state index is 15.1. The predicted molar refractivity (Wildman–Crippen MR) is 182 cm³/mol. The molecule has 0 bridgehead atoms. The van der Waals surface area contributed by atoms with Crippen molar-refractivity contribution in [2.24, 2.45) is 17.8 Å². The minimum Gasteiger partial charge on any atom is -0.424 e. The molecule has 0 aromatic heterocycles. The molecule has 4 aromatic carbocycles. The van der Waals surface area contributed by atoms with E-state index in [1.807, 2.05) is 97.1 Å². The van der Waals surface area contributed by atoms with E-state index in [0.717, 1.165) is 53.1 Å². The van der Waals surface area contributed by atoms with Gasteiger partial charge in [-0.1, -0.05) is 135 Å². The third kappa shape index (κ3) is 5.64. The molecule has 2 N–H and O–H groups in total. The normalized spacial score (nSPS) is 24.4. The minimum absolute atomic E-state index is 0.258. The summed E-state index contributed by atoms with van der Waals surface area (Å²) >= 11 is 0. The van der Waals surface area contributed by atoms with Crippen molar-refractivity contribution >= 4 is 36.4 Å². The zero-order valence-electron chi connectivity index (χ0n) is 25.4. The van der Waals surface area contributed by atoms with Crippen LogP contribution in [0.3, 0.4) is 0 Å². The highest BCUT2D eigenvalue weighted by Crippen LogP contribution is 2.61. The second-order valence-corrected chi connectivity index (χ2v) is 20.4. The highest BCUT2D eigenvalue weighted by Gasteiger charge is 2.55. The van der Waals surface area contributed by atoms with Crippen molar-refractivity contribution in [3.05, 3.63) is 121 Å². The van der Waals surface area contributed by atoms with Crippen LogP contribution in [0.2, 0.25) is 5.04 Å².